The average molecular weight is 261 g/mol. The molecule has 0 bridgehead atoms. The number of benzene rings is 1. The summed E-state index contributed by atoms with van der Waals surface area (Å²) in [4.78, 5) is 14.5. The first-order chi connectivity index (χ1) is 9.11. The van der Waals surface area contributed by atoms with Crippen molar-refractivity contribution in [3.8, 4) is 11.3 Å². The minimum atomic E-state index is -0.521. The molecule has 0 unspecified atom stereocenters. The van der Waals surface area contributed by atoms with Crippen LogP contribution in [0.2, 0.25) is 0 Å². The number of anilines is 1. The van der Waals surface area contributed by atoms with E-state index in [0.717, 1.165) is 0 Å². The van der Waals surface area contributed by atoms with Crippen LogP contribution >= 0.6 is 0 Å². The van der Waals surface area contributed by atoms with Gasteiger partial charge in [0, 0.05) is 18.2 Å². The van der Waals surface area contributed by atoms with Crippen LogP contribution < -0.4 is 5.32 Å². The molecule has 0 spiro atoms. The molecule has 0 atom stereocenters. The third-order valence-electron chi connectivity index (χ3n) is 2.53. The summed E-state index contributed by atoms with van der Waals surface area (Å²) in [5.41, 5.74) is 0.359. The number of hydrogen-bond donors (Lipinski definition) is 1. The molecule has 0 amide bonds. The van der Waals surface area contributed by atoms with Gasteiger partial charge in [0.2, 0.25) is 0 Å². The molecule has 2 rings (SSSR count). The second-order valence-corrected chi connectivity index (χ2v) is 3.86. The quantitative estimate of drug-likeness (QED) is 0.677. The Morgan fingerprint density at radius 2 is 2.11 bits per heavy atom. The highest BCUT2D eigenvalue weighted by Crippen LogP contribution is 2.26. The first-order valence-electron chi connectivity index (χ1n) is 5.77. The molecular weight excluding hydrogens is 249 g/mol. The van der Waals surface area contributed by atoms with Crippen molar-refractivity contribution < 1.29 is 9.31 Å². The van der Waals surface area contributed by atoms with Crippen LogP contribution in [0, 0.1) is 15.9 Å². The number of halogens is 1. The van der Waals surface area contributed by atoms with Crippen molar-refractivity contribution in [3.63, 3.8) is 0 Å². The van der Waals surface area contributed by atoms with E-state index >= 15 is 0 Å². The molecule has 0 aliphatic carbocycles. The van der Waals surface area contributed by atoms with E-state index in [2.05, 4.69) is 10.3 Å². The van der Waals surface area contributed by atoms with Gasteiger partial charge in [-0.25, -0.2) is 9.37 Å². The normalized spacial score (nSPS) is 10.2. The predicted molar refractivity (Wildman–Crippen MR) is 70.4 cm³/mol. The van der Waals surface area contributed by atoms with Gasteiger partial charge in [0.1, 0.15) is 11.6 Å². The number of nitrogens with zero attached hydrogens (tertiary/aromatic N) is 2. The molecule has 1 heterocycles. The van der Waals surface area contributed by atoms with Gasteiger partial charge in [-0.15, -0.1) is 0 Å². The van der Waals surface area contributed by atoms with Gasteiger partial charge in [-0.2, -0.15) is 0 Å². The van der Waals surface area contributed by atoms with Gasteiger partial charge in [-0.05, 0) is 19.1 Å². The molecule has 19 heavy (non-hydrogen) atoms. The standard InChI is InChI=1S/C13H12FN3O2/c1-2-15-13-8-9(17(18)19)7-12(16-13)10-5-3-4-6-11(10)14/h3-8H,2H2,1H3,(H,15,16). The van der Waals surface area contributed by atoms with Gasteiger partial charge < -0.3 is 5.32 Å². The summed E-state index contributed by atoms with van der Waals surface area (Å²) in [6.45, 7) is 2.42. The smallest absolute Gasteiger partial charge is 0.275 e. The topological polar surface area (TPSA) is 68.1 Å². The van der Waals surface area contributed by atoms with Gasteiger partial charge in [-0.1, -0.05) is 12.1 Å². The van der Waals surface area contributed by atoms with Crippen LogP contribution in [-0.2, 0) is 0 Å². The van der Waals surface area contributed by atoms with Crippen LogP contribution in [0.15, 0.2) is 36.4 Å². The van der Waals surface area contributed by atoms with Gasteiger partial charge >= 0.3 is 0 Å². The van der Waals surface area contributed by atoms with Gasteiger partial charge in [0.25, 0.3) is 5.69 Å². The second kappa shape index (κ2) is 5.43. The maximum absolute atomic E-state index is 13.7. The Morgan fingerprint density at radius 1 is 1.37 bits per heavy atom. The number of nitrogens with one attached hydrogen (secondary N) is 1. The molecule has 1 N–H and O–H groups in total. The number of rotatable bonds is 4. The lowest BCUT2D eigenvalue weighted by atomic mass is 10.1. The summed E-state index contributed by atoms with van der Waals surface area (Å²) < 4.78 is 13.7. The first kappa shape index (κ1) is 12.9. The molecule has 0 saturated heterocycles. The lowest BCUT2D eigenvalue weighted by Gasteiger charge is -2.07. The summed E-state index contributed by atoms with van der Waals surface area (Å²) >= 11 is 0. The van der Waals surface area contributed by atoms with E-state index < -0.39 is 10.7 Å². The molecule has 1 aromatic heterocycles. The highest BCUT2D eigenvalue weighted by Gasteiger charge is 2.14. The molecule has 6 heteroatoms. The van der Waals surface area contributed by atoms with E-state index in [0.29, 0.717) is 12.4 Å². The fourth-order valence-electron chi connectivity index (χ4n) is 1.70. The highest BCUT2D eigenvalue weighted by molar-refractivity contribution is 5.65. The van der Waals surface area contributed by atoms with Crippen molar-refractivity contribution in [1.82, 2.24) is 4.98 Å². The third-order valence-corrected chi connectivity index (χ3v) is 2.53. The summed E-state index contributed by atoms with van der Waals surface area (Å²) in [6, 6.07) is 8.64. The Balaban J connectivity index is 2.56. The maximum atomic E-state index is 13.7. The van der Waals surface area contributed by atoms with E-state index in [1.165, 1.54) is 24.3 Å². The fraction of sp³-hybridized carbons (Fsp3) is 0.154. The summed E-state index contributed by atoms with van der Waals surface area (Å²) in [7, 11) is 0. The molecule has 0 fully saturated rings. The molecule has 0 aliphatic rings. The molecule has 98 valence electrons. The molecular formula is C13H12FN3O2. The van der Waals surface area contributed by atoms with Crippen molar-refractivity contribution in [2.24, 2.45) is 0 Å². The summed E-state index contributed by atoms with van der Waals surface area (Å²) in [6.07, 6.45) is 0. The minimum absolute atomic E-state index is 0.121. The van der Waals surface area contributed by atoms with Crippen molar-refractivity contribution >= 4 is 11.5 Å². The minimum Gasteiger partial charge on any atom is -0.370 e. The van der Waals surface area contributed by atoms with Crippen LogP contribution in [0.3, 0.4) is 0 Å². The second-order valence-electron chi connectivity index (χ2n) is 3.86. The predicted octanol–water partition coefficient (Wildman–Crippen LogP) is 3.23. The van der Waals surface area contributed by atoms with E-state index in [-0.39, 0.29) is 16.9 Å². The third kappa shape index (κ3) is 2.85. The largest absolute Gasteiger partial charge is 0.370 e. The first-order valence-corrected chi connectivity index (χ1v) is 5.77. The van der Waals surface area contributed by atoms with E-state index in [1.807, 2.05) is 6.92 Å². The lowest BCUT2D eigenvalue weighted by Crippen LogP contribution is -2.02. The van der Waals surface area contributed by atoms with Crippen LogP contribution in [0.1, 0.15) is 6.92 Å². The monoisotopic (exact) mass is 261 g/mol. The van der Waals surface area contributed by atoms with Crippen LogP contribution in [0.25, 0.3) is 11.3 Å². The average Bonchev–Trinajstić information content (AvgIpc) is 2.39. The maximum Gasteiger partial charge on any atom is 0.275 e. The molecule has 1 aromatic carbocycles. The van der Waals surface area contributed by atoms with Crippen molar-refractivity contribution in [2.45, 2.75) is 6.92 Å². The highest BCUT2D eigenvalue weighted by atomic mass is 19.1. The van der Waals surface area contributed by atoms with E-state index in [1.54, 1.807) is 12.1 Å². The van der Waals surface area contributed by atoms with Crippen molar-refractivity contribution in [3.05, 3.63) is 52.3 Å². The Kier molecular flexibility index (Phi) is 3.70. The van der Waals surface area contributed by atoms with Crippen LogP contribution in [0.5, 0.6) is 0 Å². The SMILES string of the molecule is CCNc1cc([N+](=O)[O-])cc(-c2ccccc2F)n1. The van der Waals surface area contributed by atoms with Gasteiger partial charge in [0.05, 0.1) is 16.7 Å². The van der Waals surface area contributed by atoms with Crippen LogP contribution in [0.4, 0.5) is 15.9 Å². The number of nitro groups is 1. The summed E-state index contributed by atoms with van der Waals surface area (Å²) in [5.74, 6) is -0.104. The van der Waals surface area contributed by atoms with Crippen molar-refractivity contribution in [1.29, 1.82) is 0 Å². The molecule has 0 saturated carbocycles. The fourth-order valence-corrected chi connectivity index (χ4v) is 1.70. The van der Waals surface area contributed by atoms with Crippen molar-refractivity contribution in [2.75, 3.05) is 11.9 Å². The van der Waals surface area contributed by atoms with Gasteiger partial charge in [0.15, 0.2) is 0 Å². The van der Waals surface area contributed by atoms with E-state index in [4.69, 9.17) is 0 Å². The number of hydrogen-bond acceptors (Lipinski definition) is 4. The Labute approximate surface area is 109 Å². The zero-order chi connectivity index (χ0) is 13.8. The van der Waals surface area contributed by atoms with Gasteiger partial charge in [-0.3, -0.25) is 10.1 Å². The molecule has 2 aromatic rings. The Morgan fingerprint density at radius 3 is 2.74 bits per heavy atom. The molecule has 0 radical (unpaired) electrons. The molecule has 0 aliphatic heterocycles. The lowest BCUT2D eigenvalue weighted by molar-refractivity contribution is -0.384. The number of pyridine rings is 1. The Hall–Kier alpha value is -2.50. The zero-order valence-corrected chi connectivity index (χ0v) is 10.3. The molecule has 5 nitrogen and oxygen atoms in total. The summed E-state index contributed by atoms with van der Waals surface area (Å²) in [5, 5.41) is 13.8. The Bertz CT molecular complexity index is 617. The van der Waals surface area contributed by atoms with Crippen LogP contribution in [-0.4, -0.2) is 16.5 Å². The number of aromatic nitrogens is 1. The van der Waals surface area contributed by atoms with E-state index in [9.17, 15) is 14.5 Å². The zero-order valence-electron chi connectivity index (χ0n) is 10.3.